The highest BCUT2D eigenvalue weighted by atomic mass is 32.1. The fourth-order valence-corrected chi connectivity index (χ4v) is 2.34. The Labute approximate surface area is 88.2 Å². The van der Waals surface area contributed by atoms with Crippen molar-refractivity contribution in [1.29, 1.82) is 0 Å². The minimum absolute atomic E-state index is 1.06. The molecule has 1 heterocycles. The lowest BCUT2D eigenvalue weighted by atomic mass is 10.2. The number of thiazole rings is 1. The fourth-order valence-electron chi connectivity index (χ4n) is 1.63. The van der Waals surface area contributed by atoms with Crippen LogP contribution in [-0.4, -0.2) is 18.1 Å². The van der Waals surface area contributed by atoms with Gasteiger partial charge in [-0.1, -0.05) is 0 Å². The van der Waals surface area contributed by atoms with Gasteiger partial charge in [-0.2, -0.15) is 0 Å². The molecule has 1 aromatic heterocycles. The molecular weight excluding hydrogens is 192 g/mol. The van der Waals surface area contributed by atoms with Gasteiger partial charge in [0, 0.05) is 18.8 Å². The van der Waals surface area contributed by atoms with Crippen LogP contribution in [0.2, 0.25) is 0 Å². The van der Waals surface area contributed by atoms with Crippen LogP contribution in [0.25, 0.3) is 10.2 Å². The number of hydrogen-bond donors (Lipinski definition) is 0. The highest BCUT2D eigenvalue weighted by molar-refractivity contribution is 7.16. The van der Waals surface area contributed by atoms with Crippen LogP contribution in [-0.2, 0) is 0 Å². The van der Waals surface area contributed by atoms with Gasteiger partial charge in [0.1, 0.15) is 0 Å². The maximum Gasteiger partial charge on any atom is 0.0813 e. The average molecular weight is 206 g/mol. The first-order valence-electron chi connectivity index (χ1n) is 4.93. The van der Waals surface area contributed by atoms with Gasteiger partial charge in [-0.3, -0.25) is 0 Å². The minimum Gasteiger partial charge on any atom is -0.372 e. The summed E-state index contributed by atoms with van der Waals surface area (Å²) in [6.45, 7) is 6.47. The predicted octanol–water partition coefficient (Wildman–Crippen LogP) is 3.14. The molecule has 0 amide bonds. The van der Waals surface area contributed by atoms with E-state index in [4.69, 9.17) is 0 Å². The third kappa shape index (κ3) is 1.60. The predicted molar refractivity (Wildman–Crippen MR) is 63.2 cm³/mol. The van der Waals surface area contributed by atoms with Crippen LogP contribution < -0.4 is 4.90 Å². The van der Waals surface area contributed by atoms with E-state index >= 15 is 0 Å². The Morgan fingerprint density at radius 1 is 1.29 bits per heavy atom. The maximum atomic E-state index is 4.27. The van der Waals surface area contributed by atoms with E-state index in [9.17, 15) is 0 Å². The van der Waals surface area contributed by atoms with E-state index in [1.165, 1.54) is 10.4 Å². The third-order valence-corrected chi connectivity index (χ3v) is 3.24. The lowest BCUT2D eigenvalue weighted by molar-refractivity contribution is 0.867. The topological polar surface area (TPSA) is 16.1 Å². The van der Waals surface area contributed by atoms with Gasteiger partial charge in [0.15, 0.2) is 0 Å². The Kier molecular flexibility index (Phi) is 2.68. The number of hydrogen-bond acceptors (Lipinski definition) is 3. The van der Waals surface area contributed by atoms with Crippen LogP contribution in [0.15, 0.2) is 23.7 Å². The first-order valence-corrected chi connectivity index (χ1v) is 5.81. The number of nitrogens with zero attached hydrogens (tertiary/aromatic N) is 2. The highest BCUT2D eigenvalue weighted by Crippen LogP contribution is 2.24. The van der Waals surface area contributed by atoms with Crippen molar-refractivity contribution in [3.8, 4) is 0 Å². The average Bonchev–Trinajstić information content (AvgIpc) is 2.66. The Morgan fingerprint density at radius 3 is 2.79 bits per heavy atom. The summed E-state index contributed by atoms with van der Waals surface area (Å²) in [6, 6.07) is 6.47. The molecule has 2 aromatic rings. The van der Waals surface area contributed by atoms with Crippen molar-refractivity contribution in [1.82, 2.24) is 4.98 Å². The van der Waals surface area contributed by atoms with Crippen LogP contribution in [0.5, 0.6) is 0 Å². The summed E-state index contributed by atoms with van der Waals surface area (Å²) < 4.78 is 1.27. The van der Waals surface area contributed by atoms with Crippen molar-refractivity contribution < 1.29 is 0 Å². The van der Waals surface area contributed by atoms with Gasteiger partial charge >= 0.3 is 0 Å². The number of anilines is 1. The van der Waals surface area contributed by atoms with Crippen LogP contribution in [0, 0.1) is 0 Å². The summed E-state index contributed by atoms with van der Waals surface area (Å²) in [5, 5.41) is 0. The van der Waals surface area contributed by atoms with E-state index in [1.54, 1.807) is 11.3 Å². The van der Waals surface area contributed by atoms with E-state index in [1.807, 2.05) is 5.51 Å². The monoisotopic (exact) mass is 206 g/mol. The second-order valence-corrected chi connectivity index (χ2v) is 4.06. The Bertz CT molecular complexity index is 418. The number of aromatic nitrogens is 1. The molecule has 0 N–H and O–H groups in total. The molecule has 3 heteroatoms. The molecule has 2 nitrogen and oxygen atoms in total. The summed E-state index contributed by atoms with van der Waals surface area (Å²) in [4.78, 5) is 6.62. The van der Waals surface area contributed by atoms with Gasteiger partial charge < -0.3 is 4.90 Å². The van der Waals surface area contributed by atoms with Crippen LogP contribution in [0.4, 0.5) is 5.69 Å². The van der Waals surface area contributed by atoms with Crippen LogP contribution in [0.1, 0.15) is 13.8 Å². The number of rotatable bonds is 3. The van der Waals surface area contributed by atoms with Gasteiger partial charge in [0.05, 0.1) is 15.7 Å². The molecule has 0 aliphatic carbocycles. The van der Waals surface area contributed by atoms with Crippen LogP contribution >= 0.6 is 11.3 Å². The van der Waals surface area contributed by atoms with Gasteiger partial charge in [0.2, 0.25) is 0 Å². The summed E-state index contributed by atoms with van der Waals surface area (Å²) in [5.74, 6) is 0. The molecule has 0 fully saturated rings. The van der Waals surface area contributed by atoms with E-state index < -0.39 is 0 Å². The number of fused-ring (bicyclic) bond motifs is 1. The zero-order valence-corrected chi connectivity index (χ0v) is 9.34. The van der Waals surface area contributed by atoms with Crippen LogP contribution in [0.3, 0.4) is 0 Å². The molecule has 0 saturated carbocycles. The molecule has 1 aromatic carbocycles. The van der Waals surface area contributed by atoms with Crippen molar-refractivity contribution in [2.45, 2.75) is 13.8 Å². The first kappa shape index (κ1) is 9.46. The quantitative estimate of drug-likeness (QED) is 0.767. The summed E-state index contributed by atoms with van der Waals surface area (Å²) in [6.07, 6.45) is 0. The van der Waals surface area contributed by atoms with Crippen molar-refractivity contribution in [3.05, 3.63) is 23.7 Å². The van der Waals surface area contributed by atoms with Crippen molar-refractivity contribution >= 4 is 27.2 Å². The van der Waals surface area contributed by atoms with Gasteiger partial charge in [0.25, 0.3) is 0 Å². The first-order chi connectivity index (χ1) is 6.85. The molecule has 0 aliphatic rings. The Hall–Kier alpha value is -1.09. The van der Waals surface area contributed by atoms with Crippen molar-refractivity contribution in [2.24, 2.45) is 0 Å². The molecule has 0 bridgehead atoms. The second kappa shape index (κ2) is 3.96. The molecule has 0 aliphatic heterocycles. The standard InChI is InChI=1S/C11H14N2S/c1-3-13(4-2)9-5-6-10-11(7-9)14-8-12-10/h5-8H,3-4H2,1-2H3. The van der Waals surface area contributed by atoms with Crippen molar-refractivity contribution in [2.75, 3.05) is 18.0 Å². The largest absolute Gasteiger partial charge is 0.372 e. The lowest BCUT2D eigenvalue weighted by Crippen LogP contribution is -2.21. The zero-order valence-electron chi connectivity index (χ0n) is 8.53. The molecule has 0 unspecified atom stereocenters. The molecular formula is C11H14N2S. The summed E-state index contributed by atoms with van der Waals surface area (Å²) in [5.41, 5.74) is 4.30. The Morgan fingerprint density at radius 2 is 2.07 bits per heavy atom. The second-order valence-electron chi connectivity index (χ2n) is 3.18. The number of benzene rings is 1. The van der Waals surface area contributed by atoms with E-state index in [0.29, 0.717) is 0 Å². The van der Waals surface area contributed by atoms with Gasteiger partial charge in [-0.05, 0) is 32.0 Å². The van der Waals surface area contributed by atoms with E-state index in [2.05, 4.69) is 41.9 Å². The lowest BCUT2D eigenvalue weighted by Gasteiger charge is -2.20. The van der Waals surface area contributed by atoms with Gasteiger partial charge in [-0.25, -0.2) is 4.98 Å². The van der Waals surface area contributed by atoms with Crippen molar-refractivity contribution in [3.63, 3.8) is 0 Å². The fraction of sp³-hybridized carbons (Fsp3) is 0.364. The molecule has 0 atom stereocenters. The van der Waals surface area contributed by atoms with E-state index in [-0.39, 0.29) is 0 Å². The molecule has 14 heavy (non-hydrogen) atoms. The Balaban J connectivity index is 2.42. The smallest absolute Gasteiger partial charge is 0.0813 e. The highest BCUT2D eigenvalue weighted by Gasteiger charge is 2.03. The maximum absolute atomic E-state index is 4.27. The van der Waals surface area contributed by atoms with E-state index in [0.717, 1.165) is 18.6 Å². The molecule has 0 radical (unpaired) electrons. The third-order valence-electron chi connectivity index (χ3n) is 2.44. The zero-order chi connectivity index (χ0) is 9.97. The summed E-state index contributed by atoms with van der Waals surface area (Å²) >= 11 is 1.70. The molecule has 0 saturated heterocycles. The molecule has 74 valence electrons. The molecule has 0 spiro atoms. The summed E-state index contributed by atoms with van der Waals surface area (Å²) in [7, 11) is 0. The molecule has 2 rings (SSSR count). The minimum atomic E-state index is 1.06. The normalized spacial score (nSPS) is 10.7. The SMILES string of the molecule is CCN(CC)c1ccc2ncsc2c1. The van der Waals surface area contributed by atoms with Gasteiger partial charge in [-0.15, -0.1) is 11.3 Å².